The Morgan fingerprint density at radius 1 is 1.14 bits per heavy atom. The summed E-state index contributed by atoms with van der Waals surface area (Å²) in [6.07, 6.45) is 6.10. The fourth-order valence-corrected chi connectivity index (χ4v) is 3.74. The standard InChI is InChI=1S/C23H30F2O4/c24-23(25,14-12-17-8-4-3-5-9-17)15-13-19-18(20(26)16-21(19)27)10-6-1-2-7-11-22(28)29/h1,3-6,8-9,13,15,18-21,26-27H,2,7,10-12,14,16H2,(H,28,29)/b6-1-,15-13+/t18-,19-,20+,21-/m1/s1. The van der Waals surface area contributed by atoms with Gasteiger partial charge in [0.15, 0.2) is 0 Å². The molecule has 0 bridgehead atoms. The smallest absolute Gasteiger partial charge is 0.303 e. The number of aliphatic hydroxyl groups is 2. The summed E-state index contributed by atoms with van der Waals surface area (Å²) in [7, 11) is 0. The molecule has 4 atom stereocenters. The van der Waals surface area contributed by atoms with Gasteiger partial charge in [-0.1, -0.05) is 48.6 Å². The Bertz CT molecular complexity index is 687. The van der Waals surface area contributed by atoms with Crippen LogP contribution < -0.4 is 0 Å². The largest absolute Gasteiger partial charge is 0.481 e. The molecule has 1 fully saturated rings. The second kappa shape index (κ2) is 11.2. The highest BCUT2D eigenvalue weighted by molar-refractivity contribution is 5.66. The molecule has 160 valence electrons. The maximum atomic E-state index is 14.3. The van der Waals surface area contributed by atoms with Crippen molar-refractivity contribution in [3.8, 4) is 0 Å². The maximum Gasteiger partial charge on any atom is 0.303 e. The number of carboxylic acid groups (broad SMARTS) is 1. The van der Waals surface area contributed by atoms with Crippen LogP contribution in [0.15, 0.2) is 54.6 Å². The van der Waals surface area contributed by atoms with E-state index < -0.39 is 30.0 Å². The summed E-state index contributed by atoms with van der Waals surface area (Å²) in [5, 5.41) is 29.0. The molecule has 1 aromatic carbocycles. The predicted molar refractivity (Wildman–Crippen MR) is 108 cm³/mol. The van der Waals surface area contributed by atoms with Gasteiger partial charge in [-0.2, -0.15) is 0 Å². The van der Waals surface area contributed by atoms with E-state index >= 15 is 0 Å². The highest BCUT2D eigenvalue weighted by atomic mass is 19.3. The lowest BCUT2D eigenvalue weighted by Crippen LogP contribution is -2.21. The molecule has 0 saturated heterocycles. The van der Waals surface area contributed by atoms with Gasteiger partial charge in [0.05, 0.1) is 12.2 Å². The topological polar surface area (TPSA) is 77.8 Å². The normalized spacial score (nSPS) is 25.2. The van der Waals surface area contributed by atoms with Crippen LogP contribution in [0.2, 0.25) is 0 Å². The van der Waals surface area contributed by atoms with Gasteiger partial charge in [0, 0.05) is 25.2 Å². The summed E-state index contributed by atoms with van der Waals surface area (Å²) in [6, 6.07) is 9.11. The van der Waals surface area contributed by atoms with E-state index in [1.165, 1.54) is 6.08 Å². The predicted octanol–water partition coefficient (Wildman–Crippen LogP) is 4.37. The summed E-state index contributed by atoms with van der Waals surface area (Å²) in [5.74, 6) is -4.69. The quantitative estimate of drug-likeness (QED) is 0.375. The molecule has 0 spiro atoms. The Balaban J connectivity index is 1.89. The molecular weight excluding hydrogens is 378 g/mol. The fraction of sp³-hybridized carbons (Fsp3) is 0.522. The minimum absolute atomic E-state index is 0.0958. The van der Waals surface area contributed by atoms with Crippen molar-refractivity contribution in [1.82, 2.24) is 0 Å². The van der Waals surface area contributed by atoms with Crippen molar-refractivity contribution in [3.05, 3.63) is 60.2 Å². The molecule has 0 heterocycles. The molecule has 1 aliphatic carbocycles. The van der Waals surface area contributed by atoms with Crippen LogP contribution >= 0.6 is 0 Å². The number of allylic oxidation sites excluding steroid dienone is 3. The Labute approximate surface area is 170 Å². The molecular formula is C23H30F2O4. The van der Waals surface area contributed by atoms with E-state index in [0.717, 1.165) is 11.6 Å². The Morgan fingerprint density at radius 2 is 1.86 bits per heavy atom. The van der Waals surface area contributed by atoms with Crippen LogP contribution in [0.1, 0.15) is 44.1 Å². The molecule has 1 saturated carbocycles. The van der Waals surface area contributed by atoms with Crippen LogP contribution in [0, 0.1) is 11.8 Å². The fourth-order valence-electron chi connectivity index (χ4n) is 3.74. The van der Waals surface area contributed by atoms with Crippen molar-refractivity contribution in [3.63, 3.8) is 0 Å². The number of alkyl halides is 2. The van der Waals surface area contributed by atoms with Crippen LogP contribution in [0.5, 0.6) is 0 Å². The molecule has 29 heavy (non-hydrogen) atoms. The van der Waals surface area contributed by atoms with Crippen LogP contribution in [0.4, 0.5) is 8.78 Å². The van der Waals surface area contributed by atoms with Crippen molar-refractivity contribution < 1.29 is 28.9 Å². The number of hydrogen-bond donors (Lipinski definition) is 3. The van der Waals surface area contributed by atoms with Gasteiger partial charge >= 0.3 is 5.97 Å². The zero-order valence-corrected chi connectivity index (χ0v) is 16.5. The number of benzene rings is 1. The highest BCUT2D eigenvalue weighted by Crippen LogP contribution is 2.37. The first kappa shape index (κ1) is 23.2. The second-order valence-electron chi connectivity index (χ2n) is 7.71. The Morgan fingerprint density at radius 3 is 2.55 bits per heavy atom. The van der Waals surface area contributed by atoms with Crippen molar-refractivity contribution >= 4 is 5.97 Å². The van der Waals surface area contributed by atoms with Crippen LogP contribution in [-0.2, 0) is 11.2 Å². The number of carbonyl (C=O) groups is 1. The van der Waals surface area contributed by atoms with E-state index in [1.54, 1.807) is 0 Å². The first-order chi connectivity index (χ1) is 13.8. The number of unbranched alkanes of at least 4 members (excludes halogenated alkanes) is 1. The molecule has 4 nitrogen and oxygen atoms in total. The molecule has 0 amide bonds. The summed E-state index contributed by atoms with van der Waals surface area (Å²) in [6.45, 7) is 0. The Hall–Kier alpha value is -2.05. The third kappa shape index (κ3) is 8.07. The van der Waals surface area contributed by atoms with Crippen LogP contribution in [0.3, 0.4) is 0 Å². The third-order valence-corrected chi connectivity index (χ3v) is 5.40. The molecule has 2 rings (SSSR count). The summed E-state index contributed by atoms with van der Waals surface area (Å²) < 4.78 is 28.6. The molecule has 0 unspecified atom stereocenters. The summed E-state index contributed by atoms with van der Waals surface area (Å²) in [5.41, 5.74) is 0.850. The lowest BCUT2D eigenvalue weighted by atomic mass is 9.89. The van der Waals surface area contributed by atoms with E-state index in [0.29, 0.717) is 19.3 Å². The van der Waals surface area contributed by atoms with Gasteiger partial charge in [0.1, 0.15) is 0 Å². The summed E-state index contributed by atoms with van der Waals surface area (Å²) >= 11 is 0. The number of hydrogen-bond acceptors (Lipinski definition) is 3. The van der Waals surface area contributed by atoms with Gasteiger partial charge in [0.25, 0.3) is 5.92 Å². The van der Waals surface area contributed by atoms with Gasteiger partial charge in [-0.15, -0.1) is 0 Å². The molecule has 3 N–H and O–H groups in total. The van der Waals surface area contributed by atoms with Crippen molar-refractivity contribution in [2.45, 2.75) is 63.1 Å². The van der Waals surface area contributed by atoms with E-state index in [-0.39, 0.29) is 31.6 Å². The molecule has 0 aromatic heterocycles. The van der Waals surface area contributed by atoms with Crippen LogP contribution in [0.25, 0.3) is 0 Å². The number of rotatable bonds is 11. The van der Waals surface area contributed by atoms with Crippen molar-refractivity contribution in [2.75, 3.05) is 0 Å². The van der Waals surface area contributed by atoms with E-state index in [9.17, 15) is 23.8 Å². The summed E-state index contributed by atoms with van der Waals surface area (Å²) in [4.78, 5) is 10.5. The minimum atomic E-state index is -2.99. The zero-order chi connectivity index (χ0) is 21.3. The number of halogens is 2. The SMILES string of the molecule is O=C(O)CCC/C=C\C[C@@H]1[C@@H](/C=C/C(F)(F)CCc2ccccc2)[C@H](O)C[C@@H]1O. The first-order valence-electron chi connectivity index (χ1n) is 10.1. The highest BCUT2D eigenvalue weighted by Gasteiger charge is 2.40. The average Bonchev–Trinajstić information content (AvgIpc) is 2.94. The maximum absolute atomic E-state index is 14.3. The lowest BCUT2D eigenvalue weighted by molar-refractivity contribution is -0.137. The second-order valence-corrected chi connectivity index (χ2v) is 7.71. The number of aliphatic hydroxyl groups excluding tert-OH is 2. The number of aryl methyl sites for hydroxylation is 1. The Kier molecular flexibility index (Phi) is 8.99. The van der Waals surface area contributed by atoms with Crippen molar-refractivity contribution in [2.24, 2.45) is 11.8 Å². The number of carboxylic acids is 1. The monoisotopic (exact) mass is 408 g/mol. The van der Waals surface area contributed by atoms with Gasteiger partial charge in [-0.25, -0.2) is 8.78 Å². The third-order valence-electron chi connectivity index (χ3n) is 5.40. The van der Waals surface area contributed by atoms with E-state index in [2.05, 4.69) is 0 Å². The van der Waals surface area contributed by atoms with Gasteiger partial charge in [0.2, 0.25) is 0 Å². The van der Waals surface area contributed by atoms with Gasteiger partial charge in [-0.05, 0) is 43.2 Å². The van der Waals surface area contributed by atoms with Gasteiger partial charge < -0.3 is 15.3 Å². The average molecular weight is 408 g/mol. The molecule has 1 aliphatic rings. The van der Waals surface area contributed by atoms with E-state index in [4.69, 9.17) is 5.11 Å². The van der Waals surface area contributed by atoms with Crippen LogP contribution in [-0.4, -0.2) is 39.4 Å². The zero-order valence-electron chi connectivity index (χ0n) is 16.5. The lowest BCUT2D eigenvalue weighted by Gasteiger charge is -2.20. The van der Waals surface area contributed by atoms with Crippen molar-refractivity contribution in [1.29, 1.82) is 0 Å². The van der Waals surface area contributed by atoms with E-state index in [1.807, 2.05) is 42.5 Å². The van der Waals surface area contributed by atoms with Gasteiger partial charge in [-0.3, -0.25) is 4.79 Å². The molecule has 0 radical (unpaired) electrons. The first-order valence-corrected chi connectivity index (χ1v) is 10.1. The molecule has 6 heteroatoms. The molecule has 1 aromatic rings. The number of aliphatic carboxylic acids is 1. The minimum Gasteiger partial charge on any atom is -0.481 e. The molecule has 0 aliphatic heterocycles.